The van der Waals surface area contributed by atoms with Gasteiger partial charge in [-0.3, -0.25) is 14.4 Å². The second-order valence-electron chi connectivity index (χ2n) is 8.39. The summed E-state index contributed by atoms with van der Waals surface area (Å²) in [6.07, 6.45) is 3.55. The molecular weight excluding hydrogens is 457 g/mol. The minimum Gasteiger partial charge on any atom is -0.335 e. The zero-order valence-corrected chi connectivity index (χ0v) is 19.8. The number of aromatic nitrogens is 5. The van der Waals surface area contributed by atoms with Gasteiger partial charge in [-0.25, -0.2) is 13.9 Å². The number of fused-ring (bicyclic) bond motifs is 1. The third-order valence-corrected chi connectivity index (χ3v) is 6.68. The quantitative estimate of drug-likeness (QED) is 0.435. The van der Waals surface area contributed by atoms with Crippen LogP contribution in [-0.2, 0) is 13.1 Å². The van der Waals surface area contributed by atoms with Crippen molar-refractivity contribution >= 4 is 23.2 Å². The minimum absolute atomic E-state index is 0.114. The highest BCUT2D eigenvalue weighted by Crippen LogP contribution is 2.24. The number of benzene rings is 1. The van der Waals surface area contributed by atoms with E-state index in [1.54, 1.807) is 22.8 Å². The lowest BCUT2D eigenvalue weighted by atomic mass is 10.2. The minimum atomic E-state index is -0.344. The standard InChI is InChI=1S/C24H25ClFN7O/c1-3-32-16(2)19(14-28-32)22-6-7-27-23-13-21(29-33(22)23)24(34)31-10-8-30(9-11-31)15-17-4-5-18(26)12-20(17)25/h4-7,12-14H,3,8-11,15H2,1-2H3. The Hall–Kier alpha value is -3.30. The van der Waals surface area contributed by atoms with Crippen LogP contribution in [-0.4, -0.2) is 66.3 Å². The molecule has 1 aliphatic heterocycles. The SMILES string of the molecule is CCn1ncc(-c2ccnc3cc(C(=O)N4CCN(Cc5ccc(F)cc5Cl)CC4)nn23)c1C. The fourth-order valence-corrected chi connectivity index (χ4v) is 4.61. The Morgan fingerprint density at radius 3 is 2.65 bits per heavy atom. The van der Waals surface area contributed by atoms with Crippen molar-refractivity contribution in [3.63, 3.8) is 0 Å². The Balaban J connectivity index is 1.31. The van der Waals surface area contributed by atoms with Gasteiger partial charge in [0.05, 0.1) is 11.9 Å². The van der Waals surface area contributed by atoms with Crippen molar-refractivity contribution in [2.24, 2.45) is 0 Å². The number of piperazine rings is 1. The maximum absolute atomic E-state index is 13.3. The van der Waals surface area contributed by atoms with E-state index in [1.807, 2.05) is 35.7 Å². The van der Waals surface area contributed by atoms with E-state index in [-0.39, 0.29) is 11.7 Å². The van der Waals surface area contributed by atoms with Crippen molar-refractivity contribution < 1.29 is 9.18 Å². The number of amides is 1. The van der Waals surface area contributed by atoms with Crippen LogP contribution in [0.5, 0.6) is 0 Å². The van der Waals surface area contributed by atoms with E-state index in [1.165, 1.54) is 12.1 Å². The molecule has 1 saturated heterocycles. The molecule has 1 aromatic carbocycles. The maximum atomic E-state index is 13.3. The number of carbonyl (C=O) groups excluding carboxylic acids is 1. The molecule has 4 heterocycles. The number of nitrogens with zero attached hydrogens (tertiary/aromatic N) is 7. The summed E-state index contributed by atoms with van der Waals surface area (Å²) in [7, 11) is 0. The van der Waals surface area contributed by atoms with Gasteiger partial charge in [0.1, 0.15) is 5.82 Å². The first kappa shape index (κ1) is 22.5. The van der Waals surface area contributed by atoms with Crippen LogP contribution in [0.25, 0.3) is 16.9 Å². The zero-order chi connectivity index (χ0) is 23.8. The van der Waals surface area contributed by atoms with Crippen molar-refractivity contribution in [2.75, 3.05) is 26.2 Å². The molecule has 0 aliphatic carbocycles. The fourth-order valence-electron chi connectivity index (χ4n) is 4.38. The third-order valence-electron chi connectivity index (χ3n) is 6.32. The van der Waals surface area contributed by atoms with E-state index in [0.29, 0.717) is 49.1 Å². The highest BCUT2D eigenvalue weighted by molar-refractivity contribution is 6.31. The van der Waals surface area contributed by atoms with Gasteiger partial charge >= 0.3 is 0 Å². The van der Waals surface area contributed by atoms with Crippen LogP contribution in [0.3, 0.4) is 0 Å². The summed E-state index contributed by atoms with van der Waals surface area (Å²) in [5.74, 6) is -0.458. The highest BCUT2D eigenvalue weighted by atomic mass is 35.5. The predicted molar refractivity (Wildman–Crippen MR) is 127 cm³/mol. The Kier molecular flexibility index (Phi) is 6.05. The lowest BCUT2D eigenvalue weighted by molar-refractivity contribution is 0.0622. The van der Waals surface area contributed by atoms with Gasteiger partial charge in [0, 0.05) is 67.8 Å². The lowest BCUT2D eigenvalue weighted by Crippen LogP contribution is -2.48. The number of aryl methyl sites for hydroxylation is 1. The summed E-state index contributed by atoms with van der Waals surface area (Å²) in [5.41, 5.74) is 4.72. The Morgan fingerprint density at radius 2 is 1.94 bits per heavy atom. The molecule has 1 aliphatic rings. The number of rotatable bonds is 5. The summed E-state index contributed by atoms with van der Waals surface area (Å²) >= 11 is 6.17. The normalized spacial score (nSPS) is 14.8. The van der Waals surface area contributed by atoms with Crippen LogP contribution in [0, 0.1) is 12.7 Å². The largest absolute Gasteiger partial charge is 0.335 e. The van der Waals surface area contributed by atoms with Crippen molar-refractivity contribution in [3.05, 3.63) is 70.5 Å². The van der Waals surface area contributed by atoms with Crippen LogP contribution in [0.2, 0.25) is 5.02 Å². The van der Waals surface area contributed by atoms with E-state index in [0.717, 1.165) is 29.1 Å². The molecule has 0 saturated carbocycles. The molecule has 0 atom stereocenters. The fraction of sp³-hybridized carbons (Fsp3) is 0.333. The molecule has 10 heteroatoms. The maximum Gasteiger partial charge on any atom is 0.274 e. The summed E-state index contributed by atoms with van der Waals surface area (Å²) in [5, 5.41) is 9.46. The summed E-state index contributed by atoms with van der Waals surface area (Å²) in [6.45, 7) is 8.02. The number of halogens is 2. The molecule has 4 aromatic rings. The van der Waals surface area contributed by atoms with Gasteiger partial charge in [0.15, 0.2) is 11.3 Å². The van der Waals surface area contributed by atoms with Gasteiger partial charge < -0.3 is 4.90 Å². The van der Waals surface area contributed by atoms with Gasteiger partial charge in [0.2, 0.25) is 0 Å². The second-order valence-corrected chi connectivity index (χ2v) is 8.80. The predicted octanol–water partition coefficient (Wildman–Crippen LogP) is 3.67. The molecule has 0 spiro atoms. The van der Waals surface area contributed by atoms with Crippen molar-refractivity contribution in [1.82, 2.24) is 34.2 Å². The molecule has 1 fully saturated rings. The number of hydrogen-bond donors (Lipinski definition) is 0. The Bertz CT molecular complexity index is 1360. The first-order valence-electron chi connectivity index (χ1n) is 11.3. The smallest absolute Gasteiger partial charge is 0.274 e. The van der Waals surface area contributed by atoms with Gasteiger partial charge in [-0.1, -0.05) is 17.7 Å². The van der Waals surface area contributed by atoms with Crippen LogP contribution in [0.15, 0.2) is 42.7 Å². The van der Waals surface area contributed by atoms with Crippen LogP contribution < -0.4 is 0 Å². The van der Waals surface area contributed by atoms with E-state index in [2.05, 4.69) is 20.1 Å². The summed E-state index contributed by atoms with van der Waals surface area (Å²) < 4.78 is 16.9. The summed E-state index contributed by atoms with van der Waals surface area (Å²) in [6, 6.07) is 8.08. The van der Waals surface area contributed by atoms with Gasteiger partial charge in [-0.05, 0) is 37.6 Å². The van der Waals surface area contributed by atoms with Crippen molar-refractivity contribution in [2.45, 2.75) is 26.9 Å². The zero-order valence-electron chi connectivity index (χ0n) is 19.1. The topological polar surface area (TPSA) is 71.6 Å². The van der Waals surface area contributed by atoms with Gasteiger partial charge in [-0.15, -0.1) is 0 Å². The first-order valence-corrected chi connectivity index (χ1v) is 11.7. The van der Waals surface area contributed by atoms with E-state index >= 15 is 0 Å². The lowest BCUT2D eigenvalue weighted by Gasteiger charge is -2.34. The number of hydrogen-bond acceptors (Lipinski definition) is 5. The average Bonchev–Trinajstić information content (AvgIpc) is 3.44. The van der Waals surface area contributed by atoms with Crippen LogP contribution >= 0.6 is 11.6 Å². The monoisotopic (exact) mass is 481 g/mol. The molecular formula is C24H25ClFN7O. The van der Waals surface area contributed by atoms with Crippen LogP contribution in [0.1, 0.15) is 28.7 Å². The number of carbonyl (C=O) groups is 1. The molecule has 1 amide bonds. The molecule has 8 nitrogen and oxygen atoms in total. The second kappa shape index (κ2) is 9.15. The summed E-state index contributed by atoms with van der Waals surface area (Å²) in [4.78, 5) is 21.6. The molecule has 3 aromatic heterocycles. The van der Waals surface area contributed by atoms with Crippen molar-refractivity contribution in [3.8, 4) is 11.3 Å². The molecule has 0 radical (unpaired) electrons. The molecule has 0 bridgehead atoms. The molecule has 5 rings (SSSR count). The van der Waals surface area contributed by atoms with Crippen molar-refractivity contribution in [1.29, 1.82) is 0 Å². The van der Waals surface area contributed by atoms with Gasteiger partial charge in [-0.2, -0.15) is 10.2 Å². The molecule has 176 valence electrons. The van der Waals surface area contributed by atoms with E-state index in [4.69, 9.17) is 11.6 Å². The molecule has 34 heavy (non-hydrogen) atoms. The Labute approximate surface area is 201 Å². The highest BCUT2D eigenvalue weighted by Gasteiger charge is 2.25. The van der Waals surface area contributed by atoms with Crippen LogP contribution in [0.4, 0.5) is 4.39 Å². The average molecular weight is 482 g/mol. The first-order chi connectivity index (χ1) is 16.4. The van der Waals surface area contributed by atoms with E-state index < -0.39 is 0 Å². The molecule has 0 N–H and O–H groups in total. The molecule has 0 unspecified atom stereocenters. The third kappa shape index (κ3) is 4.17. The Morgan fingerprint density at radius 1 is 1.15 bits per heavy atom. The van der Waals surface area contributed by atoms with E-state index in [9.17, 15) is 9.18 Å². The van der Waals surface area contributed by atoms with Gasteiger partial charge in [0.25, 0.3) is 5.91 Å².